The Morgan fingerprint density at radius 3 is 2.35 bits per heavy atom. The van der Waals surface area contributed by atoms with Crippen LogP contribution < -0.4 is 20.9 Å². The number of carbonyl (C=O) groups is 2. The summed E-state index contributed by atoms with van der Waals surface area (Å²) in [5, 5.41) is 7.72. The Labute approximate surface area is 135 Å². The van der Waals surface area contributed by atoms with Crippen LogP contribution in [0.15, 0.2) is 54.6 Å². The van der Waals surface area contributed by atoms with Gasteiger partial charge in [-0.05, 0) is 24.3 Å². The van der Waals surface area contributed by atoms with Crippen molar-refractivity contribution in [3.05, 3.63) is 54.6 Å². The van der Waals surface area contributed by atoms with Crippen LogP contribution in [0.4, 0.5) is 21.9 Å². The maximum absolute atomic E-state index is 11.9. The Balaban J connectivity index is 2.11. The zero-order chi connectivity index (χ0) is 16.7. The molecule has 2 aromatic rings. The van der Waals surface area contributed by atoms with Crippen molar-refractivity contribution in [2.24, 2.45) is 0 Å². The number of rotatable bonds is 5. The van der Waals surface area contributed by atoms with Crippen LogP contribution in [0.5, 0.6) is 0 Å². The molecule has 0 saturated heterocycles. The van der Waals surface area contributed by atoms with Crippen molar-refractivity contribution in [2.45, 2.75) is 0 Å². The summed E-state index contributed by atoms with van der Waals surface area (Å²) >= 11 is 0. The van der Waals surface area contributed by atoms with Crippen LogP contribution in [0.2, 0.25) is 0 Å². The number of likely N-dealkylation sites (N-methyl/N-ethyl adjacent to an activating group) is 1. The van der Waals surface area contributed by atoms with E-state index in [2.05, 4.69) is 16.0 Å². The molecular formula is C17H20N4O2. The van der Waals surface area contributed by atoms with Crippen LogP contribution in [-0.4, -0.2) is 32.6 Å². The van der Waals surface area contributed by atoms with Gasteiger partial charge in [-0.2, -0.15) is 0 Å². The van der Waals surface area contributed by atoms with Crippen LogP contribution in [0.3, 0.4) is 0 Å². The molecule has 0 saturated carbocycles. The lowest BCUT2D eigenvalue weighted by Gasteiger charge is -2.22. The van der Waals surface area contributed by atoms with Gasteiger partial charge >= 0.3 is 6.03 Å². The number of para-hydroxylation sites is 3. The summed E-state index contributed by atoms with van der Waals surface area (Å²) in [6.45, 7) is -0.0704. The molecule has 2 aromatic carbocycles. The number of urea groups is 1. The molecule has 0 heterocycles. The molecule has 120 valence electrons. The van der Waals surface area contributed by atoms with Gasteiger partial charge < -0.3 is 20.9 Å². The number of amides is 3. The third-order valence-corrected chi connectivity index (χ3v) is 3.35. The van der Waals surface area contributed by atoms with E-state index in [0.717, 1.165) is 11.4 Å². The number of anilines is 3. The highest BCUT2D eigenvalue weighted by Gasteiger charge is 2.11. The molecule has 0 unspecified atom stereocenters. The zero-order valence-corrected chi connectivity index (χ0v) is 13.2. The number of hydrogen-bond acceptors (Lipinski definition) is 3. The molecule has 3 amide bonds. The van der Waals surface area contributed by atoms with Gasteiger partial charge in [0, 0.05) is 19.8 Å². The monoisotopic (exact) mass is 312 g/mol. The van der Waals surface area contributed by atoms with Gasteiger partial charge in [-0.25, -0.2) is 4.79 Å². The predicted octanol–water partition coefficient (Wildman–Crippen LogP) is 2.32. The molecule has 6 heteroatoms. The number of nitrogens with zero attached hydrogens (tertiary/aromatic N) is 1. The molecule has 0 radical (unpaired) electrons. The van der Waals surface area contributed by atoms with Crippen LogP contribution in [0.25, 0.3) is 0 Å². The third kappa shape index (κ3) is 4.47. The maximum Gasteiger partial charge on any atom is 0.319 e. The molecular weight excluding hydrogens is 292 g/mol. The lowest BCUT2D eigenvalue weighted by Crippen LogP contribution is -2.37. The van der Waals surface area contributed by atoms with E-state index in [1.54, 1.807) is 0 Å². The molecule has 6 nitrogen and oxygen atoms in total. The first-order chi connectivity index (χ1) is 11.1. The highest BCUT2D eigenvalue weighted by Crippen LogP contribution is 2.30. The molecule has 0 aliphatic heterocycles. The predicted molar refractivity (Wildman–Crippen MR) is 92.0 cm³/mol. The Bertz CT molecular complexity index is 673. The molecule has 0 bridgehead atoms. The number of nitrogens with one attached hydrogen (secondary N) is 3. The smallest absolute Gasteiger partial charge is 0.319 e. The van der Waals surface area contributed by atoms with Crippen molar-refractivity contribution in [1.29, 1.82) is 0 Å². The number of benzene rings is 2. The van der Waals surface area contributed by atoms with E-state index in [1.807, 2.05) is 66.5 Å². The van der Waals surface area contributed by atoms with Gasteiger partial charge in [0.05, 0.1) is 17.9 Å². The standard InChI is InChI=1S/C17H20N4O2/c1-18-16(22)12-19-17(23)20-14-10-6-7-11-15(14)21(2)13-8-4-3-5-9-13/h3-11H,12H2,1-2H3,(H,18,22)(H2,19,20,23). The van der Waals surface area contributed by atoms with Crippen molar-refractivity contribution >= 4 is 29.0 Å². The third-order valence-electron chi connectivity index (χ3n) is 3.35. The van der Waals surface area contributed by atoms with Crippen molar-refractivity contribution in [1.82, 2.24) is 10.6 Å². The summed E-state index contributed by atoms with van der Waals surface area (Å²) in [6, 6.07) is 16.9. The highest BCUT2D eigenvalue weighted by molar-refractivity contribution is 5.95. The van der Waals surface area contributed by atoms with E-state index in [1.165, 1.54) is 7.05 Å². The van der Waals surface area contributed by atoms with E-state index < -0.39 is 6.03 Å². The van der Waals surface area contributed by atoms with Crippen molar-refractivity contribution in [3.8, 4) is 0 Å². The number of carbonyl (C=O) groups excluding carboxylic acids is 2. The first-order valence-corrected chi connectivity index (χ1v) is 7.25. The Hall–Kier alpha value is -3.02. The lowest BCUT2D eigenvalue weighted by molar-refractivity contribution is -0.119. The second-order valence-electron chi connectivity index (χ2n) is 4.89. The Morgan fingerprint density at radius 1 is 1.00 bits per heavy atom. The topological polar surface area (TPSA) is 73.5 Å². The minimum atomic E-state index is -0.428. The van der Waals surface area contributed by atoms with E-state index in [9.17, 15) is 9.59 Å². The Morgan fingerprint density at radius 2 is 1.65 bits per heavy atom. The van der Waals surface area contributed by atoms with Crippen molar-refractivity contribution in [2.75, 3.05) is 30.9 Å². The van der Waals surface area contributed by atoms with E-state index in [4.69, 9.17) is 0 Å². The molecule has 23 heavy (non-hydrogen) atoms. The van der Waals surface area contributed by atoms with Crippen molar-refractivity contribution in [3.63, 3.8) is 0 Å². The SMILES string of the molecule is CNC(=O)CNC(=O)Nc1ccccc1N(C)c1ccccc1. The van der Waals surface area contributed by atoms with Gasteiger partial charge in [0.25, 0.3) is 0 Å². The van der Waals surface area contributed by atoms with Crippen molar-refractivity contribution < 1.29 is 9.59 Å². The minimum Gasteiger partial charge on any atom is -0.358 e. The summed E-state index contributed by atoms with van der Waals surface area (Å²) in [6.07, 6.45) is 0. The van der Waals surface area contributed by atoms with E-state index >= 15 is 0 Å². The number of hydrogen-bond donors (Lipinski definition) is 3. The first-order valence-electron chi connectivity index (χ1n) is 7.25. The second-order valence-corrected chi connectivity index (χ2v) is 4.89. The fourth-order valence-electron chi connectivity index (χ4n) is 2.08. The molecule has 0 fully saturated rings. The van der Waals surface area contributed by atoms with E-state index in [0.29, 0.717) is 5.69 Å². The molecule has 3 N–H and O–H groups in total. The molecule has 0 aromatic heterocycles. The van der Waals surface area contributed by atoms with Gasteiger partial charge in [-0.3, -0.25) is 4.79 Å². The summed E-state index contributed by atoms with van der Waals surface area (Å²) in [4.78, 5) is 25.1. The van der Waals surface area contributed by atoms with Crippen LogP contribution in [-0.2, 0) is 4.79 Å². The average molecular weight is 312 g/mol. The van der Waals surface area contributed by atoms with Gasteiger partial charge in [0.1, 0.15) is 0 Å². The molecule has 0 aliphatic rings. The molecule has 2 rings (SSSR count). The molecule has 0 atom stereocenters. The van der Waals surface area contributed by atoms with Crippen LogP contribution >= 0.6 is 0 Å². The summed E-state index contributed by atoms with van der Waals surface area (Å²) in [7, 11) is 3.45. The van der Waals surface area contributed by atoms with Crippen LogP contribution in [0, 0.1) is 0 Å². The Kier molecular flexibility index (Phi) is 5.57. The summed E-state index contributed by atoms with van der Waals surface area (Å²) in [5.41, 5.74) is 2.52. The fourth-order valence-corrected chi connectivity index (χ4v) is 2.08. The summed E-state index contributed by atoms with van der Waals surface area (Å²) < 4.78 is 0. The quantitative estimate of drug-likeness (QED) is 0.793. The largest absolute Gasteiger partial charge is 0.358 e. The maximum atomic E-state index is 11.9. The first kappa shape index (κ1) is 16.4. The second kappa shape index (κ2) is 7.84. The molecule has 0 aliphatic carbocycles. The highest BCUT2D eigenvalue weighted by atomic mass is 16.2. The normalized spacial score (nSPS) is 9.83. The zero-order valence-electron chi connectivity index (χ0n) is 13.2. The fraction of sp³-hybridized carbons (Fsp3) is 0.176. The van der Waals surface area contributed by atoms with Gasteiger partial charge in [0.15, 0.2) is 0 Å². The lowest BCUT2D eigenvalue weighted by atomic mass is 10.2. The average Bonchev–Trinajstić information content (AvgIpc) is 2.60. The van der Waals surface area contributed by atoms with Gasteiger partial charge in [0.2, 0.25) is 5.91 Å². The minimum absolute atomic E-state index is 0.0704. The van der Waals surface area contributed by atoms with Gasteiger partial charge in [-0.15, -0.1) is 0 Å². The molecule has 0 spiro atoms. The van der Waals surface area contributed by atoms with E-state index in [-0.39, 0.29) is 12.5 Å². The van der Waals surface area contributed by atoms with Gasteiger partial charge in [-0.1, -0.05) is 30.3 Å². The van der Waals surface area contributed by atoms with Crippen LogP contribution in [0.1, 0.15) is 0 Å². The summed E-state index contributed by atoms with van der Waals surface area (Å²) in [5.74, 6) is -0.255.